The molecule has 0 heterocycles. The minimum Gasteiger partial charge on any atom is -0.492 e. The van der Waals surface area contributed by atoms with Gasteiger partial charge in [-0.3, -0.25) is 9.10 Å². The Bertz CT molecular complexity index is 1250. The Morgan fingerprint density at radius 3 is 2.39 bits per heavy atom. The second kappa shape index (κ2) is 9.70. The fraction of sp³-hybridized carbons (Fsp3) is 0.261. The summed E-state index contributed by atoms with van der Waals surface area (Å²) in [7, 11) is -4.04. The molecule has 0 aromatic heterocycles. The lowest BCUT2D eigenvalue weighted by molar-refractivity contribution is -0.137. The number of anilines is 1. The molecule has 1 N–H and O–H groups in total. The highest BCUT2D eigenvalue weighted by molar-refractivity contribution is 7.92. The normalized spacial score (nSPS) is 12.9. The lowest BCUT2D eigenvalue weighted by atomic mass is 10.1. The first-order valence-electron chi connectivity index (χ1n) is 10.0. The number of hydrogen-bond acceptors (Lipinski definition) is 4. The maximum Gasteiger partial charge on any atom is 0.416 e. The van der Waals surface area contributed by atoms with Crippen molar-refractivity contribution in [1.82, 2.24) is 5.32 Å². The number of nitrogens with zero attached hydrogens (tertiary/aromatic N) is 1. The number of rotatable bonds is 8. The minimum atomic E-state index is -4.65. The zero-order valence-corrected chi connectivity index (χ0v) is 18.8. The zero-order chi connectivity index (χ0) is 24.2. The molecular formula is C23H23F3N2O4S. The third-order valence-corrected chi connectivity index (χ3v) is 6.15. The summed E-state index contributed by atoms with van der Waals surface area (Å²) in [5.74, 6) is -0.0577. The second-order valence-electron chi connectivity index (χ2n) is 7.43. The molecule has 0 saturated heterocycles. The van der Waals surface area contributed by atoms with Crippen molar-refractivity contribution in [3.05, 3.63) is 72.3 Å². The SMILES string of the molecule is CC(C(=O)NCCOc1ccc2ccccc2c1)N(c1cccc(C(F)(F)F)c1)S(C)(=O)=O. The predicted molar refractivity (Wildman–Crippen MR) is 121 cm³/mol. The van der Waals surface area contributed by atoms with Crippen LogP contribution in [0.1, 0.15) is 12.5 Å². The summed E-state index contributed by atoms with van der Waals surface area (Å²) in [4.78, 5) is 12.6. The first kappa shape index (κ1) is 24.4. The van der Waals surface area contributed by atoms with Crippen molar-refractivity contribution in [2.45, 2.75) is 19.1 Å². The number of fused-ring (bicyclic) bond motifs is 1. The van der Waals surface area contributed by atoms with Gasteiger partial charge in [0.1, 0.15) is 18.4 Å². The van der Waals surface area contributed by atoms with Gasteiger partial charge in [0, 0.05) is 0 Å². The van der Waals surface area contributed by atoms with Crippen LogP contribution < -0.4 is 14.4 Å². The van der Waals surface area contributed by atoms with E-state index in [1.54, 1.807) is 6.07 Å². The van der Waals surface area contributed by atoms with Gasteiger partial charge in [-0.05, 0) is 48.0 Å². The number of alkyl halides is 3. The predicted octanol–water partition coefficient (Wildman–Crippen LogP) is 4.21. The molecule has 3 aromatic rings. The van der Waals surface area contributed by atoms with Gasteiger partial charge in [0.15, 0.2) is 0 Å². The van der Waals surface area contributed by atoms with Gasteiger partial charge < -0.3 is 10.1 Å². The molecule has 1 amide bonds. The van der Waals surface area contributed by atoms with Crippen molar-refractivity contribution in [3.8, 4) is 5.75 Å². The summed E-state index contributed by atoms with van der Waals surface area (Å²) < 4.78 is 70.1. The molecule has 0 aliphatic carbocycles. The molecule has 33 heavy (non-hydrogen) atoms. The van der Waals surface area contributed by atoms with Crippen LogP contribution >= 0.6 is 0 Å². The molecule has 0 spiro atoms. The third-order valence-electron chi connectivity index (χ3n) is 4.91. The van der Waals surface area contributed by atoms with Crippen LogP contribution in [0.5, 0.6) is 5.75 Å². The first-order valence-corrected chi connectivity index (χ1v) is 11.9. The Labute approximate surface area is 190 Å². The summed E-state index contributed by atoms with van der Waals surface area (Å²) >= 11 is 0. The number of carbonyl (C=O) groups excluding carboxylic acids is 1. The molecule has 1 atom stereocenters. The van der Waals surface area contributed by atoms with E-state index in [9.17, 15) is 26.4 Å². The van der Waals surface area contributed by atoms with Gasteiger partial charge in [-0.25, -0.2) is 8.42 Å². The monoisotopic (exact) mass is 480 g/mol. The highest BCUT2D eigenvalue weighted by Crippen LogP contribution is 2.32. The number of benzene rings is 3. The first-order chi connectivity index (χ1) is 15.5. The molecule has 0 aliphatic heterocycles. The Balaban J connectivity index is 1.64. The van der Waals surface area contributed by atoms with Gasteiger partial charge >= 0.3 is 6.18 Å². The fourth-order valence-electron chi connectivity index (χ4n) is 3.38. The molecule has 1 unspecified atom stereocenters. The molecule has 10 heteroatoms. The van der Waals surface area contributed by atoms with E-state index >= 15 is 0 Å². The van der Waals surface area contributed by atoms with Gasteiger partial charge in [0.25, 0.3) is 0 Å². The molecule has 0 bridgehead atoms. The molecule has 0 radical (unpaired) electrons. The quantitative estimate of drug-likeness (QED) is 0.490. The number of carbonyl (C=O) groups is 1. The van der Waals surface area contributed by atoms with Crippen LogP contribution in [0.2, 0.25) is 0 Å². The summed E-state index contributed by atoms with van der Waals surface area (Å²) in [5, 5.41) is 4.62. The number of sulfonamides is 1. The minimum absolute atomic E-state index is 0.0796. The van der Waals surface area contributed by atoms with Crippen LogP contribution in [0.4, 0.5) is 18.9 Å². The van der Waals surface area contributed by atoms with Gasteiger partial charge in [-0.2, -0.15) is 13.2 Å². The third kappa shape index (κ3) is 6.16. The maximum absolute atomic E-state index is 13.1. The molecule has 176 valence electrons. The van der Waals surface area contributed by atoms with E-state index in [0.29, 0.717) is 16.1 Å². The largest absolute Gasteiger partial charge is 0.492 e. The van der Waals surface area contributed by atoms with Crippen molar-refractivity contribution in [3.63, 3.8) is 0 Å². The Kier molecular flexibility index (Phi) is 7.16. The van der Waals surface area contributed by atoms with E-state index in [1.807, 2.05) is 36.4 Å². The molecule has 3 aromatic carbocycles. The number of hydrogen-bond donors (Lipinski definition) is 1. The van der Waals surface area contributed by atoms with Crippen LogP contribution in [0.25, 0.3) is 10.8 Å². The number of halogens is 3. The molecule has 0 aliphatic rings. The van der Waals surface area contributed by atoms with Gasteiger partial charge in [-0.15, -0.1) is 0 Å². The average molecular weight is 481 g/mol. The number of nitrogens with one attached hydrogen (secondary N) is 1. The van der Waals surface area contributed by atoms with Crippen LogP contribution in [-0.4, -0.2) is 39.8 Å². The van der Waals surface area contributed by atoms with Crippen molar-refractivity contribution in [1.29, 1.82) is 0 Å². The lowest BCUT2D eigenvalue weighted by Crippen LogP contribution is -2.48. The average Bonchev–Trinajstić information content (AvgIpc) is 2.75. The van der Waals surface area contributed by atoms with Gasteiger partial charge in [-0.1, -0.05) is 36.4 Å². The number of ether oxygens (including phenoxy) is 1. The number of amides is 1. The molecular weight excluding hydrogens is 457 g/mol. The maximum atomic E-state index is 13.1. The van der Waals surface area contributed by atoms with Gasteiger partial charge in [0.05, 0.1) is 24.1 Å². The van der Waals surface area contributed by atoms with E-state index in [0.717, 1.165) is 29.2 Å². The van der Waals surface area contributed by atoms with Crippen LogP contribution in [0.15, 0.2) is 66.7 Å². The van der Waals surface area contributed by atoms with E-state index in [1.165, 1.54) is 13.0 Å². The Morgan fingerprint density at radius 2 is 1.73 bits per heavy atom. The smallest absolute Gasteiger partial charge is 0.416 e. The van der Waals surface area contributed by atoms with Gasteiger partial charge in [0.2, 0.25) is 15.9 Å². The summed E-state index contributed by atoms with van der Waals surface area (Å²) in [6.45, 7) is 1.51. The highest BCUT2D eigenvalue weighted by Gasteiger charge is 2.34. The van der Waals surface area contributed by atoms with Crippen molar-refractivity contribution < 1.29 is 31.1 Å². The van der Waals surface area contributed by atoms with E-state index < -0.39 is 33.7 Å². The molecule has 0 fully saturated rings. The van der Waals surface area contributed by atoms with E-state index in [4.69, 9.17) is 4.74 Å². The van der Waals surface area contributed by atoms with Crippen molar-refractivity contribution in [2.24, 2.45) is 0 Å². The Hall–Kier alpha value is -3.27. The van der Waals surface area contributed by atoms with Crippen LogP contribution in [0.3, 0.4) is 0 Å². The standard InChI is InChI=1S/C23H23F3N2O4S/c1-16(28(33(2,30)31)20-9-5-8-19(15-20)23(24,25)26)22(29)27-12-13-32-21-11-10-17-6-3-4-7-18(17)14-21/h3-11,14-16H,12-13H2,1-2H3,(H,27,29). The van der Waals surface area contributed by atoms with Crippen LogP contribution in [0, 0.1) is 0 Å². The summed E-state index contributed by atoms with van der Waals surface area (Å²) in [5.41, 5.74) is -1.26. The molecule has 6 nitrogen and oxygen atoms in total. The Morgan fingerprint density at radius 1 is 1.03 bits per heavy atom. The fourth-order valence-corrected chi connectivity index (χ4v) is 4.54. The molecule has 0 saturated carbocycles. The molecule has 3 rings (SSSR count). The topological polar surface area (TPSA) is 75.7 Å². The van der Waals surface area contributed by atoms with E-state index in [-0.39, 0.29) is 18.8 Å². The summed E-state index contributed by atoms with van der Waals surface area (Å²) in [6, 6.07) is 15.9. The van der Waals surface area contributed by atoms with Crippen molar-refractivity contribution in [2.75, 3.05) is 23.7 Å². The zero-order valence-electron chi connectivity index (χ0n) is 18.0. The lowest BCUT2D eigenvalue weighted by Gasteiger charge is -2.28. The van der Waals surface area contributed by atoms with Crippen LogP contribution in [-0.2, 0) is 21.0 Å². The van der Waals surface area contributed by atoms with E-state index in [2.05, 4.69) is 5.32 Å². The van der Waals surface area contributed by atoms with Crippen molar-refractivity contribution >= 4 is 32.4 Å². The second-order valence-corrected chi connectivity index (χ2v) is 9.29. The summed E-state index contributed by atoms with van der Waals surface area (Å²) in [6.07, 6.45) is -3.81. The highest BCUT2D eigenvalue weighted by atomic mass is 32.2.